The number of anilines is 1. The molecule has 1 aromatic carbocycles. The minimum absolute atomic E-state index is 0.358. The van der Waals surface area contributed by atoms with Crippen LogP contribution in [0.3, 0.4) is 0 Å². The molecule has 1 N–H and O–H groups in total. The number of benzene rings is 1. The third kappa shape index (κ3) is 4.59. The number of aryl methyl sites for hydroxylation is 1. The summed E-state index contributed by atoms with van der Waals surface area (Å²) in [5.74, 6) is -0.839. The summed E-state index contributed by atoms with van der Waals surface area (Å²) in [6.07, 6.45) is 0.0911. The minimum Gasteiger partial charge on any atom is -0.467 e. The van der Waals surface area contributed by atoms with Gasteiger partial charge in [0.2, 0.25) is 0 Å². The lowest BCUT2D eigenvalue weighted by molar-refractivity contribution is -0.143. The zero-order valence-electron chi connectivity index (χ0n) is 16.8. The lowest BCUT2D eigenvalue weighted by Crippen LogP contribution is -2.53. The standard InChI is InChI=1S/C20H28N2O5/c1-7-14(21-19(25)27-20(3,4)5)17(23)22-15-10-8-9-12(2)13(15)11-16(22)18(24)26-6/h8-10,14,16H,7,11H2,1-6H3,(H,21,25)/t14-,16?/m0/s1. The molecule has 1 aliphatic heterocycles. The summed E-state index contributed by atoms with van der Waals surface area (Å²) in [6, 6.07) is 4.04. The number of esters is 1. The van der Waals surface area contributed by atoms with E-state index in [9.17, 15) is 14.4 Å². The first-order chi connectivity index (χ1) is 12.6. The van der Waals surface area contributed by atoms with Crippen molar-refractivity contribution in [1.82, 2.24) is 5.32 Å². The van der Waals surface area contributed by atoms with Gasteiger partial charge in [-0.2, -0.15) is 0 Å². The van der Waals surface area contributed by atoms with E-state index in [0.29, 0.717) is 18.5 Å². The van der Waals surface area contributed by atoms with Gasteiger partial charge in [-0.1, -0.05) is 19.1 Å². The van der Waals surface area contributed by atoms with Crippen LogP contribution in [0.5, 0.6) is 0 Å². The number of nitrogens with one attached hydrogen (secondary N) is 1. The molecule has 1 heterocycles. The lowest BCUT2D eigenvalue weighted by atomic mass is 10.0. The van der Waals surface area contributed by atoms with Crippen LogP contribution >= 0.6 is 0 Å². The fraction of sp³-hybridized carbons (Fsp3) is 0.550. The summed E-state index contributed by atoms with van der Waals surface area (Å²) in [5, 5.41) is 2.62. The van der Waals surface area contributed by atoms with Crippen molar-refractivity contribution in [3.05, 3.63) is 29.3 Å². The molecule has 1 aliphatic rings. The van der Waals surface area contributed by atoms with Crippen molar-refractivity contribution < 1.29 is 23.9 Å². The number of ether oxygens (including phenoxy) is 2. The van der Waals surface area contributed by atoms with E-state index in [1.165, 1.54) is 12.0 Å². The van der Waals surface area contributed by atoms with E-state index in [4.69, 9.17) is 9.47 Å². The molecular weight excluding hydrogens is 348 g/mol. The smallest absolute Gasteiger partial charge is 0.408 e. The first-order valence-corrected chi connectivity index (χ1v) is 9.08. The molecule has 27 heavy (non-hydrogen) atoms. The van der Waals surface area contributed by atoms with Gasteiger partial charge in [-0.3, -0.25) is 9.69 Å². The number of hydrogen-bond donors (Lipinski definition) is 1. The van der Waals surface area contributed by atoms with Crippen LogP contribution in [0.2, 0.25) is 0 Å². The van der Waals surface area contributed by atoms with E-state index >= 15 is 0 Å². The Balaban J connectivity index is 2.31. The van der Waals surface area contributed by atoms with Crippen LogP contribution in [0.25, 0.3) is 0 Å². The van der Waals surface area contributed by atoms with E-state index in [1.807, 2.05) is 25.1 Å². The van der Waals surface area contributed by atoms with Crippen molar-refractivity contribution in [2.45, 2.75) is 65.1 Å². The van der Waals surface area contributed by atoms with Crippen LogP contribution in [-0.4, -0.2) is 42.8 Å². The topological polar surface area (TPSA) is 84.9 Å². The molecule has 0 aromatic heterocycles. The van der Waals surface area contributed by atoms with Crippen LogP contribution in [0, 0.1) is 6.92 Å². The van der Waals surface area contributed by atoms with Gasteiger partial charge < -0.3 is 14.8 Å². The molecule has 0 bridgehead atoms. The second kappa shape index (κ2) is 7.98. The van der Waals surface area contributed by atoms with Crippen LogP contribution in [0.15, 0.2) is 18.2 Å². The second-order valence-corrected chi connectivity index (χ2v) is 7.63. The van der Waals surface area contributed by atoms with Gasteiger partial charge in [0.15, 0.2) is 0 Å². The number of methoxy groups -OCH3 is 1. The molecule has 2 rings (SSSR count). The van der Waals surface area contributed by atoms with E-state index < -0.39 is 29.7 Å². The SMILES string of the molecule is CC[C@H](NC(=O)OC(C)(C)C)C(=O)N1c2cccc(C)c2CC1C(=O)OC. The lowest BCUT2D eigenvalue weighted by Gasteiger charge is -2.29. The van der Waals surface area contributed by atoms with Gasteiger partial charge in [-0.05, 0) is 51.3 Å². The van der Waals surface area contributed by atoms with E-state index in [2.05, 4.69) is 5.32 Å². The number of amides is 2. The summed E-state index contributed by atoms with van der Waals surface area (Å²) < 4.78 is 10.2. The molecule has 7 nitrogen and oxygen atoms in total. The number of carbonyl (C=O) groups is 3. The largest absolute Gasteiger partial charge is 0.467 e. The number of rotatable bonds is 4. The highest BCUT2D eigenvalue weighted by Crippen LogP contribution is 2.35. The number of carbonyl (C=O) groups excluding carboxylic acids is 3. The zero-order valence-corrected chi connectivity index (χ0v) is 16.8. The predicted molar refractivity (Wildman–Crippen MR) is 102 cm³/mol. The maximum atomic E-state index is 13.2. The van der Waals surface area contributed by atoms with E-state index in [0.717, 1.165) is 11.1 Å². The average molecular weight is 376 g/mol. The molecule has 148 valence electrons. The van der Waals surface area contributed by atoms with Crippen LogP contribution < -0.4 is 10.2 Å². The summed E-state index contributed by atoms with van der Waals surface area (Å²) in [6.45, 7) is 8.99. The first-order valence-electron chi connectivity index (χ1n) is 9.08. The monoisotopic (exact) mass is 376 g/mol. The van der Waals surface area contributed by atoms with Gasteiger partial charge in [-0.25, -0.2) is 9.59 Å². The van der Waals surface area contributed by atoms with E-state index in [1.54, 1.807) is 27.7 Å². The Morgan fingerprint density at radius 3 is 2.52 bits per heavy atom. The Morgan fingerprint density at radius 2 is 1.96 bits per heavy atom. The molecule has 0 fully saturated rings. The molecule has 0 saturated heterocycles. The number of fused-ring (bicyclic) bond motifs is 1. The highest BCUT2D eigenvalue weighted by atomic mass is 16.6. The van der Waals surface area contributed by atoms with Gasteiger partial charge in [0.05, 0.1) is 7.11 Å². The van der Waals surface area contributed by atoms with Crippen molar-refractivity contribution in [3.8, 4) is 0 Å². The Labute approximate surface area is 160 Å². The minimum atomic E-state index is -0.807. The fourth-order valence-corrected chi connectivity index (χ4v) is 3.18. The van der Waals surface area contributed by atoms with Gasteiger partial charge >= 0.3 is 12.1 Å². The van der Waals surface area contributed by atoms with Crippen molar-refractivity contribution in [2.24, 2.45) is 0 Å². The molecule has 1 aromatic rings. The Hall–Kier alpha value is -2.57. The third-order valence-electron chi connectivity index (χ3n) is 4.46. The zero-order chi connectivity index (χ0) is 20.4. The van der Waals surface area contributed by atoms with Gasteiger partial charge in [-0.15, -0.1) is 0 Å². The number of hydrogen-bond acceptors (Lipinski definition) is 5. The normalized spacial score (nSPS) is 17.1. The van der Waals surface area contributed by atoms with Gasteiger partial charge in [0.1, 0.15) is 17.7 Å². The predicted octanol–water partition coefficient (Wildman–Crippen LogP) is 2.73. The molecule has 7 heteroatoms. The van der Waals surface area contributed by atoms with Crippen molar-refractivity contribution in [2.75, 3.05) is 12.0 Å². The van der Waals surface area contributed by atoms with Gasteiger partial charge in [0.25, 0.3) is 5.91 Å². The summed E-state index contributed by atoms with van der Waals surface area (Å²) >= 11 is 0. The summed E-state index contributed by atoms with van der Waals surface area (Å²) in [5.41, 5.74) is 1.95. The summed E-state index contributed by atoms with van der Waals surface area (Å²) in [4.78, 5) is 39.1. The molecule has 2 amide bonds. The maximum Gasteiger partial charge on any atom is 0.408 e. The van der Waals surface area contributed by atoms with Crippen LogP contribution in [-0.2, 0) is 25.5 Å². The van der Waals surface area contributed by atoms with Crippen molar-refractivity contribution in [1.29, 1.82) is 0 Å². The summed E-state index contributed by atoms with van der Waals surface area (Å²) in [7, 11) is 1.30. The third-order valence-corrected chi connectivity index (χ3v) is 4.46. The van der Waals surface area contributed by atoms with Crippen LogP contribution in [0.1, 0.15) is 45.2 Å². The quantitative estimate of drug-likeness (QED) is 0.817. The maximum absolute atomic E-state index is 13.2. The Morgan fingerprint density at radius 1 is 1.30 bits per heavy atom. The molecule has 0 spiro atoms. The molecular formula is C20H28N2O5. The molecule has 1 unspecified atom stereocenters. The first kappa shape index (κ1) is 20.7. The fourth-order valence-electron chi connectivity index (χ4n) is 3.18. The molecule has 0 aliphatic carbocycles. The van der Waals surface area contributed by atoms with Crippen molar-refractivity contribution in [3.63, 3.8) is 0 Å². The van der Waals surface area contributed by atoms with Gasteiger partial charge in [0, 0.05) is 12.1 Å². The van der Waals surface area contributed by atoms with Crippen molar-refractivity contribution >= 4 is 23.7 Å². The van der Waals surface area contributed by atoms with Crippen LogP contribution in [0.4, 0.5) is 10.5 Å². The molecule has 2 atom stereocenters. The van der Waals surface area contributed by atoms with E-state index in [-0.39, 0.29) is 5.91 Å². The highest BCUT2D eigenvalue weighted by Gasteiger charge is 2.42. The second-order valence-electron chi connectivity index (χ2n) is 7.63. The number of nitrogens with zero attached hydrogens (tertiary/aromatic N) is 1. The number of alkyl carbamates (subject to hydrolysis) is 1. The Bertz CT molecular complexity index is 738. The molecule has 0 saturated carbocycles. The highest BCUT2D eigenvalue weighted by molar-refractivity contribution is 6.05. The average Bonchev–Trinajstić information content (AvgIpc) is 2.97. The Kier molecular flexibility index (Phi) is 6.13. The molecule has 0 radical (unpaired) electrons.